The first-order valence-electron chi connectivity index (χ1n) is 3.92. The van der Waals surface area contributed by atoms with E-state index in [0.29, 0.717) is 0 Å². The molecule has 0 saturated carbocycles. The number of nitrogens with two attached hydrogens (primary N) is 1. The van der Waals surface area contributed by atoms with Crippen LogP contribution in [0.1, 0.15) is 23.6 Å². The van der Waals surface area contributed by atoms with Crippen LogP contribution in [0.3, 0.4) is 0 Å². The summed E-state index contributed by atoms with van der Waals surface area (Å²) in [5.41, 5.74) is 8.56. The monoisotopic (exact) mass is 293 g/mol. The highest BCUT2D eigenvalue weighted by Gasteiger charge is 2.21. The van der Waals surface area contributed by atoms with Crippen LogP contribution in [0.25, 0.3) is 0 Å². The van der Waals surface area contributed by atoms with E-state index >= 15 is 0 Å². The van der Waals surface area contributed by atoms with Gasteiger partial charge in [-0.1, -0.05) is 17.7 Å². The third-order valence-electron chi connectivity index (χ3n) is 2.34. The first-order valence-corrected chi connectivity index (χ1v) is 5.38. The van der Waals surface area contributed by atoms with E-state index in [4.69, 9.17) is 17.3 Å². The molecule has 1 aliphatic rings. The fourth-order valence-electron chi connectivity index (χ4n) is 1.66. The van der Waals surface area contributed by atoms with Crippen LogP contribution < -0.4 is 5.73 Å². The van der Waals surface area contributed by atoms with Crippen LogP contribution in [0, 0.1) is 3.57 Å². The van der Waals surface area contributed by atoms with E-state index in [-0.39, 0.29) is 6.04 Å². The first kappa shape index (κ1) is 8.78. The van der Waals surface area contributed by atoms with E-state index in [9.17, 15) is 0 Å². The molecular formula is C9H9ClIN. The van der Waals surface area contributed by atoms with Crippen molar-refractivity contribution in [2.24, 2.45) is 5.73 Å². The predicted molar refractivity (Wildman–Crippen MR) is 59.4 cm³/mol. The van der Waals surface area contributed by atoms with Crippen LogP contribution >= 0.6 is 34.2 Å². The van der Waals surface area contributed by atoms with Crippen LogP contribution in [-0.4, -0.2) is 0 Å². The number of rotatable bonds is 0. The Hall–Kier alpha value is 0.200. The normalized spacial score (nSPS) is 21.1. The molecule has 1 aliphatic carbocycles. The molecule has 3 heteroatoms. The minimum atomic E-state index is 0.228. The topological polar surface area (TPSA) is 26.0 Å². The molecule has 1 aromatic carbocycles. The Labute approximate surface area is 90.4 Å². The van der Waals surface area contributed by atoms with Gasteiger partial charge >= 0.3 is 0 Å². The van der Waals surface area contributed by atoms with Crippen molar-refractivity contribution in [2.75, 3.05) is 0 Å². The van der Waals surface area contributed by atoms with Crippen molar-refractivity contribution in [1.29, 1.82) is 0 Å². The molecule has 0 heterocycles. The molecule has 0 aromatic heterocycles. The number of benzene rings is 1. The molecule has 0 aliphatic heterocycles. The van der Waals surface area contributed by atoms with Crippen molar-refractivity contribution < 1.29 is 0 Å². The van der Waals surface area contributed by atoms with Gasteiger partial charge in [-0.2, -0.15) is 0 Å². The second-order valence-corrected chi connectivity index (χ2v) is 4.56. The summed E-state index contributed by atoms with van der Waals surface area (Å²) in [5.74, 6) is 0. The molecule has 0 unspecified atom stereocenters. The molecule has 0 amide bonds. The van der Waals surface area contributed by atoms with Gasteiger partial charge in [0.25, 0.3) is 0 Å². The summed E-state index contributed by atoms with van der Waals surface area (Å²) in [4.78, 5) is 0. The second kappa shape index (κ2) is 3.16. The SMILES string of the molecule is N[C@H]1CCc2c1ccc(Cl)c2I. The smallest absolute Gasteiger partial charge is 0.0542 e. The Morgan fingerprint density at radius 3 is 3.00 bits per heavy atom. The average Bonchev–Trinajstić information content (AvgIpc) is 2.41. The van der Waals surface area contributed by atoms with Gasteiger partial charge < -0.3 is 5.73 Å². The number of hydrogen-bond donors (Lipinski definition) is 1. The van der Waals surface area contributed by atoms with Crippen LogP contribution in [0.15, 0.2) is 12.1 Å². The quantitative estimate of drug-likeness (QED) is 0.731. The van der Waals surface area contributed by atoms with Gasteiger partial charge in [0.05, 0.1) is 5.02 Å². The molecule has 1 nitrogen and oxygen atoms in total. The Kier molecular flexibility index (Phi) is 2.31. The second-order valence-electron chi connectivity index (χ2n) is 3.07. The van der Waals surface area contributed by atoms with Gasteiger partial charge in [0.15, 0.2) is 0 Å². The first-order chi connectivity index (χ1) is 5.70. The van der Waals surface area contributed by atoms with E-state index < -0.39 is 0 Å². The lowest BCUT2D eigenvalue weighted by molar-refractivity contribution is 0.713. The summed E-state index contributed by atoms with van der Waals surface area (Å²) >= 11 is 8.28. The highest BCUT2D eigenvalue weighted by Crippen LogP contribution is 2.35. The van der Waals surface area contributed by atoms with Crippen molar-refractivity contribution >= 4 is 34.2 Å². The maximum absolute atomic E-state index is 5.99. The highest BCUT2D eigenvalue weighted by atomic mass is 127. The van der Waals surface area contributed by atoms with E-state index in [1.165, 1.54) is 14.7 Å². The summed E-state index contributed by atoms with van der Waals surface area (Å²) < 4.78 is 1.18. The third-order valence-corrected chi connectivity index (χ3v) is 4.20. The molecule has 12 heavy (non-hydrogen) atoms. The minimum Gasteiger partial charge on any atom is -0.324 e. The molecule has 64 valence electrons. The van der Waals surface area contributed by atoms with Gasteiger partial charge in [0, 0.05) is 9.61 Å². The Morgan fingerprint density at radius 1 is 1.50 bits per heavy atom. The van der Waals surface area contributed by atoms with E-state index in [2.05, 4.69) is 28.7 Å². The van der Waals surface area contributed by atoms with Crippen molar-refractivity contribution in [3.8, 4) is 0 Å². The fraction of sp³-hybridized carbons (Fsp3) is 0.333. The summed E-state index contributed by atoms with van der Waals surface area (Å²) in [7, 11) is 0. The third kappa shape index (κ3) is 1.26. The van der Waals surface area contributed by atoms with Crippen molar-refractivity contribution in [1.82, 2.24) is 0 Å². The van der Waals surface area contributed by atoms with Gasteiger partial charge in [0.1, 0.15) is 0 Å². The van der Waals surface area contributed by atoms with Crippen LogP contribution in [-0.2, 0) is 6.42 Å². The molecule has 0 saturated heterocycles. The Morgan fingerprint density at radius 2 is 2.25 bits per heavy atom. The summed E-state index contributed by atoms with van der Waals surface area (Å²) in [6.07, 6.45) is 2.14. The average molecular weight is 294 g/mol. The molecule has 0 radical (unpaired) electrons. The standard InChI is InChI=1S/C9H9ClIN/c10-7-3-1-5-6(9(7)11)2-4-8(5)12/h1,3,8H,2,4,12H2/t8-/m0/s1. The van der Waals surface area contributed by atoms with Gasteiger partial charge in [-0.05, 0) is 52.6 Å². The lowest BCUT2D eigenvalue weighted by Crippen LogP contribution is -2.05. The number of hydrogen-bond acceptors (Lipinski definition) is 1. The van der Waals surface area contributed by atoms with Crippen LogP contribution in [0.4, 0.5) is 0 Å². The Bertz CT molecular complexity index is 325. The molecular weight excluding hydrogens is 284 g/mol. The molecule has 0 spiro atoms. The van der Waals surface area contributed by atoms with Crippen LogP contribution in [0.2, 0.25) is 5.02 Å². The van der Waals surface area contributed by atoms with Crippen molar-refractivity contribution in [3.05, 3.63) is 31.9 Å². The summed E-state index contributed by atoms with van der Waals surface area (Å²) in [6, 6.07) is 4.22. The van der Waals surface area contributed by atoms with Crippen molar-refractivity contribution in [2.45, 2.75) is 18.9 Å². The summed E-state index contributed by atoms with van der Waals surface area (Å²) in [5, 5.41) is 0.850. The molecule has 0 bridgehead atoms. The van der Waals surface area contributed by atoms with E-state index in [1.54, 1.807) is 0 Å². The van der Waals surface area contributed by atoms with Crippen molar-refractivity contribution in [3.63, 3.8) is 0 Å². The van der Waals surface area contributed by atoms with E-state index in [1.807, 2.05) is 6.07 Å². The van der Waals surface area contributed by atoms with Gasteiger partial charge in [-0.25, -0.2) is 0 Å². The number of halogens is 2. The molecule has 2 rings (SSSR count). The van der Waals surface area contributed by atoms with Gasteiger partial charge in [-0.15, -0.1) is 0 Å². The molecule has 1 aromatic rings. The number of fused-ring (bicyclic) bond motifs is 1. The zero-order valence-corrected chi connectivity index (χ0v) is 9.39. The highest BCUT2D eigenvalue weighted by molar-refractivity contribution is 14.1. The zero-order valence-electron chi connectivity index (χ0n) is 6.48. The van der Waals surface area contributed by atoms with Gasteiger partial charge in [-0.3, -0.25) is 0 Å². The zero-order chi connectivity index (χ0) is 8.72. The molecule has 0 fully saturated rings. The molecule has 2 N–H and O–H groups in total. The maximum Gasteiger partial charge on any atom is 0.0542 e. The largest absolute Gasteiger partial charge is 0.324 e. The van der Waals surface area contributed by atoms with Crippen LogP contribution in [0.5, 0.6) is 0 Å². The predicted octanol–water partition coefficient (Wildman–Crippen LogP) is 2.89. The lowest BCUT2D eigenvalue weighted by atomic mass is 10.1. The maximum atomic E-state index is 5.99. The summed E-state index contributed by atoms with van der Waals surface area (Å²) in [6.45, 7) is 0. The minimum absolute atomic E-state index is 0.228. The van der Waals surface area contributed by atoms with E-state index in [0.717, 1.165) is 17.9 Å². The Balaban J connectivity index is 2.60. The molecule has 1 atom stereocenters. The van der Waals surface area contributed by atoms with Gasteiger partial charge in [0.2, 0.25) is 0 Å². The fourth-order valence-corrected chi connectivity index (χ4v) is 2.60. The lowest BCUT2D eigenvalue weighted by Gasteiger charge is -2.06.